The number of piperidine rings is 1. The molecule has 2 aliphatic rings. The first kappa shape index (κ1) is 24.5. The summed E-state index contributed by atoms with van der Waals surface area (Å²) in [4.78, 5) is 21.3. The molecule has 178 valence electrons. The maximum absolute atomic E-state index is 11.6. The first-order valence-electron chi connectivity index (χ1n) is 12.2. The summed E-state index contributed by atoms with van der Waals surface area (Å²) >= 11 is 0. The van der Waals surface area contributed by atoms with Crippen molar-refractivity contribution in [1.29, 1.82) is 0 Å². The minimum atomic E-state index is -0.172. The SMILES string of the molecule is CCNC(=NCc1cccc(CN2CCCC(C(N)=O)C2)c1)NC1CN(C(C)C)CC1C. The van der Waals surface area contributed by atoms with E-state index in [2.05, 4.69) is 72.4 Å². The fourth-order valence-electron chi connectivity index (χ4n) is 4.80. The Bertz CT molecular complexity index is 779. The van der Waals surface area contributed by atoms with Crippen LogP contribution in [0, 0.1) is 11.8 Å². The maximum Gasteiger partial charge on any atom is 0.221 e. The van der Waals surface area contributed by atoms with Gasteiger partial charge in [0.25, 0.3) is 0 Å². The Morgan fingerprint density at radius 3 is 2.72 bits per heavy atom. The lowest BCUT2D eigenvalue weighted by molar-refractivity contribution is -0.123. The van der Waals surface area contributed by atoms with E-state index in [0.717, 1.165) is 58.1 Å². The lowest BCUT2D eigenvalue weighted by atomic mass is 9.97. The van der Waals surface area contributed by atoms with E-state index in [0.29, 0.717) is 24.5 Å². The summed E-state index contributed by atoms with van der Waals surface area (Å²) in [6.07, 6.45) is 1.94. The highest BCUT2D eigenvalue weighted by atomic mass is 16.1. The summed E-state index contributed by atoms with van der Waals surface area (Å²) in [6.45, 7) is 15.3. The van der Waals surface area contributed by atoms with Gasteiger partial charge in [0.2, 0.25) is 5.91 Å². The van der Waals surface area contributed by atoms with Crippen LogP contribution in [0.25, 0.3) is 0 Å². The number of benzene rings is 1. The van der Waals surface area contributed by atoms with Gasteiger partial charge in [0.15, 0.2) is 5.96 Å². The van der Waals surface area contributed by atoms with Crippen LogP contribution in [-0.2, 0) is 17.9 Å². The zero-order chi connectivity index (χ0) is 23.1. The molecule has 7 heteroatoms. The van der Waals surface area contributed by atoms with Crippen molar-refractivity contribution in [2.75, 3.05) is 32.7 Å². The Morgan fingerprint density at radius 1 is 1.25 bits per heavy atom. The molecule has 1 aromatic carbocycles. The van der Waals surface area contributed by atoms with Gasteiger partial charge < -0.3 is 16.4 Å². The Labute approximate surface area is 193 Å². The van der Waals surface area contributed by atoms with Crippen molar-refractivity contribution < 1.29 is 4.79 Å². The van der Waals surface area contributed by atoms with Gasteiger partial charge in [-0.05, 0) is 57.2 Å². The van der Waals surface area contributed by atoms with E-state index in [1.807, 2.05) is 0 Å². The summed E-state index contributed by atoms with van der Waals surface area (Å²) in [5.41, 5.74) is 8.00. The summed E-state index contributed by atoms with van der Waals surface area (Å²) in [5.74, 6) is 1.29. The summed E-state index contributed by atoms with van der Waals surface area (Å²) < 4.78 is 0. The molecule has 2 heterocycles. The van der Waals surface area contributed by atoms with E-state index < -0.39 is 0 Å². The van der Waals surface area contributed by atoms with Gasteiger partial charge in [0.05, 0.1) is 12.5 Å². The lowest BCUT2D eigenvalue weighted by Crippen LogP contribution is -2.46. The van der Waals surface area contributed by atoms with Crippen molar-refractivity contribution >= 4 is 11.9 Å². The molecule has 1 amide bonds. The molecule has 0 bridgehead atoms. The monoisotopic (exact) mass is 442 g/mol. The third-order valence-corrected chi connectivity index (χ3v) is 6.76. The van der Waals surface area contributed by atoms with Crippen LogP contribution < -0.4 is 16.4 Å². The van der Waals surface area contributed by atoms with Crippen molar-refractivity contribution in [3.63, 3.8) is 0 Å². The lowest BCUT2D eigenvalue weighted by Gasteiger charge is -2.31. The van der Waals surface area contributed by atoms with Crippen LogP contribution in [-0.4, -0.2) is 66.5 Å². The minimum absolute atomic E-state index is 0.0186. The Hall–Kier alpha value is -2.12. The molecular formula is C25H42N6O. The van der Waals surface area contributed by atoms with Gasteiger partial charge in [-0.25, -0.2) is 4.99 Å². The largest absolute Gasteiger partial charge is 0.369 e. The van der Waals surface area contributed by atoms with E-state index in [1.54, 1.807) is 0 Å². The quantitative estimate of drug-likeness (QED) is 0.424. The fourth-order valence-corrected chi connectivity index (χ4v) is 4.80. The number of nitrogens with zero attached hydrogens (tertiary/aromatic N) is 3. The van der Waals surface area contributed by atoms with Gasteiger partial charge in [-0.2, -0.15) is 0 Å². The number of carbonyl (C=O) groups excluding carboxylic acids is 1. The van der Waals surface area contributed by atoms with E-state index >= 15 is 0 Å². The Morgan fingerprint density at radius 2 is 2.03 bits per heavy atom. The highest BCUT2D eigenvalue weighted by Crippen LogP contribution is 2.20. The van der Waals surface area contributed by atoms with E-state index in [-0.39, 0.29) is 11.8 Å². The normalized spacial score (nSPS) is 25.3. The van der Waals surface area contributed by atoms with Crippen LogP contribution in [0.4, 0.5) is 0 Å². The maximum atomic E-state index is 11.6. The summed E-state index contributed by atoms with van der Waals surface area (Å²) in [6, 6.07) is 9.63. The molecule has 0 saturated carbocycles. The second kappa shape index (κ2) is 11.7. The molecule has 3 unspecified atom stereocenters. The number of hydrogen-bond donors (Lipinski definition) is 3. The molecule has 2 saturated heterocycles. The number of likely N-dealkylation sites (tertiary alicyclic amines) is 2. The number of hydrogen-bond acceptors (Lipinski definition) is 4. The molecule has 0 radical (unpaired) electrons. The van der Waals surface area contributed by atoms with Gasteiger partial charge in [0, 0.05) is 44.8 Å². The van der Waals surface area contributed by atoms with E-state index in [1.165, 1.54) is 11.1 Å². The molecule has 0 aromatic heterocycles. The van der Waals surface area contributed by atoms with Crippen LogP contribution in [0.5, 0.6) is 0 Å². The number of carbonyl (C=O) groups is 1. The third-order valence-electron chi connectivity index (χ3n) is 6.76. The molecule has 2 fully saturated rings. The number of rotatable bonds is 8. The first-order valence-corrected chi connectivity index (χ1v) is 12.2. The average Bonchev–Trinajstić information content (AvgIpc) is 3.13. The smallest absolute Gasteiger partial charge is 0.221 e. The van der Waals surface area contributed by atoms with Gasteiger partial charge in [0.1, 0.15) is 0 Å². The predicted molar refractivity (Wildman–Crippen MR) is 131 cm³/mol. The second-order valence-corrected chi connectivity index (χ2v) is 9.77. The topological polar surface area (TPSA) is 86.0 Å². The van der Waals surface area contributed by atoms with Gasteiger partial charge in [-0.1, -0.05) is 31.2 Å². The zero-order valence-electron chi connectivity index (χ0n) is 20.3. The van der Waals surface area contributed by atoms with Crippen LogP contribution >= 0.6 is 0 Å². The molecular weight excluding hydrogens is 400 g/mol. The van der Waals surface area contributed by atoms with Crippen LogP contribution in [0.15, 0.2) is 29.3 Å². The molecule has 3 rings (SSSR count). The number of guanidine groups is 1. The van der Waals surface area contributed by atoms with E-state index in [9.17, 15) is 4.79 Å². The van der Waals surface area contributed by atoms with Crippen molar-refractivity contribution in [2.45, 2.75) is 65.7 Å². The minimum Gasteiger partial charge on any atom is -0.369 e. The van der Waals surface area contributed by atoms with Gasteiger partial charge in [-0.15, -0.1) is 0 Å². The Balaban J connectivity index is 1.59. The molecule has 3 atom stereocenters. The molecule has 1 aromatic rings. The fraction of sp³-hybridized carbons (Fsp3) is 0.680. The van der Waals surface area contributed by atoms with Crippen LogP contribution in [0.2, 0.25) is 0 Å². The van der Waals surface area contributed by atoms with Gasteiger partial charge >= 0.3 is 0 Å². The molecule has 7 nitrogen and oxygen atoms in total. The van der Waals surface area contributed by atoms with Crippen LogP contribution in [0.3, 0.4) is 0 Å². The summed E-state index contributed by atoms with van der Waals surface area (Å²) in [5, 5.41) is 7.07. The molecule has 32 heavy (non-hydrogen) atoms. The standard InChI is InChI=1S/C25H42N6O/c1-5-27-25(29-23-17-31(18(2)3)14-19(23)4)28-13-20-8-6-9-21(12-20)15-30-11-7-10-22(16-30)24(26)32/h6,8-9,12,18-19,22-23H,5,7,10-11,13-17H2,1-4H3,(H2,26,32)(H2,27,28,29). The van der Waals surface area contributed by atoms with E-state index in [4.69, 9.17) is 10.7 Å². The number of nitrogens with one attached hydrogen (secondary N) is 2. The molecule has 0 aliphatic carbocycles. The van der Waals surface area contributed by atoms with Gasteiger partial charge in [-0.3, -0.25) is 14.6 Å². The molecule has 2 aliphatic heterocycles. The zero-order valence-corrected chi connectivity index (χ0v) is 20.3. The molecule has 4 N–H and O–H groups in total. The Kier molecular flexibility index (Phi) is 8.93. The van der Waals surface area contributed by atoms with Crippen molar-refractivity contribution in [2.24, 2.45) is 22.6 Å². The van der Waals surface area contributed by atoms with Crippen molar-refractivity contribution in [1.82, 2.24) is 20.4 Å². The van der Waals surface area contributed by atoms with Crippen molar-refractivity contribution in [3.05, 3.63) is 35.4 Å². The second-order valence-electron chi connectivity index (χ2n) is 9.77. The third kappa shape index (κ3) is 6.94. The summed E-state index contributed by atoms with van der Waals surface area (Å²) in [7, 11) is 0. The number of aliphatic imine (C=N–C) groups is 1. The molecule has 0 spiro atoms. The highest BCUT2D eigenvalue weighted by molar-refractivity contribution is 5.80. The average molecular weight is 443 g/mol. The highest BCUT2D eigenvalue weighted by Gasteiger charge is 2.31. The number of nitrogens with two attached hydrogens (primary N) is 1. The number of amides is 1. The number of primary amides is 1. The first-order chi connectivity index (χ1) is 15.4. The predicted octanol–water partition coefficient (Wildman–Crippen LogP) is 2.17. The van der Waals surface area contributed by atoms with Crippen LogP contribution in [0.1, 0.15) is 51.7 Å². The van der Waals surface area contributed by atoms with Crippen molar-refractivity contribution in [3.8, 4) is 0 Å².